The van der Waals surface area contributed by atoms with E-state index in [1.165, 1.54) is 13.1 Å². The van der Waals surface area contributed by atoms with E-state index in [1.54, 1.807) is 0 Å². The first kappa shape index (κ1) is 17.1. The summed E-state index contributed by atoms with van der Waals surface area (Å²) in [4.78, 5) is 33.8. The summed E-state index contributed by atoms with van der Waals surface area (Å²) in [6.07, 6.45) is 2.86. The van der Waals surface area contributed by atoms with Gasteiger partial charge in [0.1, 0.15) is 11.9 Å². The number of nitrogens with one attached hydrogen (secondary N) is 1. The molecule has 21 heavy (non-hydrogen) atoms. The predicted molar refractivity (Wildman–Crippen MR) is 77.4 cm³/mol. The van der Waals surface area contributed by atoms with E-state index < -0.39 is 18.1 Å². The zero-order valence-electron chi connectivity index (χ0n) is 12.7. The maximum atomic E-state index is 12.0. The molecule has 0 radical (unpaired) electrons. The Kier molecular flexibility index (Phi) is 6.33. The molecule has 0 saturated heterocycles. The summed E-state index contributed by atoms with van der Waals surface area (Å²) in [5.41, 5.74) is 6.99. The first-order valence-electron chi connectivity index (χ1n) is 7.09. The Hall–Kier alpha value is -1.92. The summed E-state index contributed by atoms with van der Waals surface area (Å²) in [6.45, 7) is 5.23. The van der Waals surface area contributed by atoms with Gasteiger partial charge in [0.15, 0.2) is 0 Å². The minimum atomic E-state index is -0.741. The zero-order chi connectivity index (χ0) is 16.0. The number of ketones is 1. The van der Waals surface area contributed by atoms with Gasteiger partial charge in [0, 0.05) is 19.6 Å². The molecule has 2 amide bonds. The van der Waals surface area contributed by atoms with Crippen molar-refractivity contribution in [3.8, 4) is 0 Å². The molecule has 1 fully saturated rings. The second-order valence-electron chi connectivity index (χ2n) is 5.58. The van der Waals surface area contributed by atoms with Crippen molar-refractivity contribution < 1.29 is 19.1 Å². The van der Waals surface area contributed by atoms with Crippen molar-refractivity contribution in [2.24, 2.45) is 28.6 Å². The van der Waals surface area contributed by atoms with Gasteiger partial charge in [-0.2, -0.15) is 5.10 Å². The van der Waals surface area contributed by atoms with Crippen LogP contribution in [0.15, 0.2) is 5.10 Å². The number of carbonyl (C=O) groups excluding carboxylic acids is 3. The fourth-order valence-electron chi connectivity index (χ4n) is 2.74. The molecule has 1 unspecified atom stereocenters. The predicted octanol–water partition coefficient (Wildman–Crippen LogP) is 1.21. The molecule has 0 bridgehead atoms. The fourth-order valence-corrected chi connectivity index (χ4v) is 2.74. The quantitative estimate of drug-likeness (QED) is 0.436. The van der Waals surface area contributed by atoms with Crippen LogP contribution in [0.4, 0.5) is 4.79 Å². The number of esters is 1. The lowest BCUT2D eigenvalue weighted by Crippen LogP contribution is -2.37. The Morgan fingerprint density at radius 3 is 2.71 bits per heavy atom. The van der Waals surface area contributed by atoms with E-state index in [9.17, 15) is 14.4 Å². The van der Waals surface area contributed by atoms with Gasteiger partial charge in [-0.05, 0) is 24.7 Å². The number of nitrogens with zero attached hydrogens (tertiary/aromatic N) is 1. The SMILES string of the molecule is CC(=O)O[C@H]([C@H](C)C/C=N\NC(N)=O)[C@H]1C(=O)CCC1C. The van der Waals surface area contributed by atoms with Crippen molar-refractivity contribution in [2.45, 2.75) is 46.1 Å². The topological polar surface area (TPSA) is 111 Å². The standard InChI is InChI=1S/C14H23N3O4/c1-8-4-5-11(19)12(8)13(21-10(3)18)9(2)6-7-16-17-14(15)20/h7-9,12-13H,4-6H2,1-3H3,(H3,15,17,20)/b16-7-/t8?,9-,12-,13-/m1/s1. The Morgan fingerprint density at radius 2 is 2.24 bits per heavy atom. The highest BCUT2D eigenvalue weighted by Gasteiger charge is 2.41. The number of amides is 2. The number of hydrazone groups is 1. The number of hydrogen-bond acceptors (Lipinski definition) is 5. The molecule has 1 aliphatic rings. The summed E-state index contributed by atoms with van der Waals surface area (Å²) < 4.78 is 5.38. The number of nitrogens with two attached hydrogens (primary N) is 1. The summed E-state index contributed by atoms with van der Waals surface area (Å²) in [5, 5.41) is 3.66. The highest BCUT2D eigenvalue weighted by molar-refractivity contribution is 5.84. The molecule has 4 atom stereocenters. The minimum absolute atomic E-state index is 0.0816. The van der Waals surface area contributed by atoms with E-state index in [0.29, 0.717) is 12.8 Å². The van der Waals surface area contributed by atoms with E-state index in [0.717, 1.165) is 6.42 Å². The Labute approximate surface area is 124 Å². The van der Waals surface area contributed by atoms with Crippen LogP contribution >= 0.6 is 0 Å². The van der Waals surface area contributed by atoms with Gasteiger partial charge in [0.2, 0.25) is 0 Å². The number of Topliss-reactive ketones (excluding diaryl/α,β-unsaturated/α-hetero) is 1. The van der Waals surface area contributed by atoms with Gasteiger partial charge in [0.05, 0.1) is 5.92 Å². The van der Waals surface area contributed by atoms with Gasteiger partial charge in [-0.3, -0.25) is 9.59 Å². The first-order valence-corrected chi connectivity index (χ1v) is 7.09. The number of rotatable bonds is 6. The molecule has 3 N–H and O–H groups in total. The van der Waals surface area contributed by atoms with Crippen LogP contribution in [0.2, 0.25) is 0 Å². The summed E-state index contributed by atoms with van der Waals surface area (Å²) in [5.74, 6) is -0.396. The van der Waals surface area contributed by atoms with Crippen molar-refractivity contribution >= 4 is 24.0 Å². The fraction of sp³-hybridized carbons (Fsp3) is 0.714. The highest BCUT2D eigenvalue weighted by Crippen LogP contribution is 2.35. The largest absolute Gasteiger partial charge is 0.461 e. The van der Waals surface area contributed by atoms with Crippen molar-refractivity contribution in [3.63, 3.8) is 0 Å². The smallest absolute Gasteiger partial charge is 0.332 e. The third-order valence-electron chi connectivity index (χ3n) is 3.79. The molecular weight excluding hydrogens is 274 g/mol. The summed E-state index contributed by atoms with van der Waals surface area (Å²) in [7, 11) is 0. The molecule has 0 aliphatic heterocycles. The maximum Gasteiger partial charge on any atom is 0.332 e. The van der Waals surface area contributed by atoms with Crippen molar-refractivity contribution in [1.82, 2.24) is 5.43 Å². The summed E-state index contributed by atoms with van der Waals surface area (Å²) >= 11 is 0. The molecule has 0 aromatic heterocycles. The van der Waals surface area contributed by atoms with E-state index in [2.05, 4.69) is 10.5 Å². The van der Waals surface area contributed by atoms with Gasteiger partial charge in [0.25, 0.3) is 0 Å². The molecule has 0 spiro atoms. The van der Waals surface area contributed by atoms with Gasteiger partial charge in [-0.25, -0.2) is 10.2 Å². The molecule has 118 valence electrons. The van der Waals surface area contributed by atoms with Gasteiger partial charge < -0.3 is 10.5 Å². The lowest BCUT2D eigenvalue weighted by molar-refractivity contribution is -0.154. The van der Waals surface area contributed by atoms with Crippen LogP contribution in [0.1, 0.15) is 40.0 Å². The van der Waals surface area contributed by atoms with E-state index in [1.807, 2.05) is 13.8 Å². The third-order valence-corrected chi connectivity index (χ3v) is 3.79. The molecule has 1 rings (SSSR count). The van der Waals surface area contributed by atoms with Gasteiger partial charge in [-0.1, -0.05) is 13.8 Å². The van der Waals surface area contributed by atoms with Gasteiger partial charge in [-0.15, -0.1) is 0 Å². The van der Waals surface area contributed by atoms with Crippen LogP contribution in [0.25, 0.3) is 0 Å². The average Bonchev–Trinajstić information content (AvgIpc) is 2.71. The van der Waals surface area contributed by atoms with Crippen LogP contribution in [0.5, 0.6) is 0 Å². The first-order chi connectivity index (χ1) is 9.82. The molecule has 7 heteroatoms. The molecule has 7 nitrogen and oxygen atoms in total. The van der Waals surface area contributed by atoms with Crippen LogP contribution in [-0.2, 0) is 14.3 Å². The van der Waals surface area contributed by atoms with Crippen molar-refractivity contribution in [2.75, 3.05) is 0 Å². The van der Waals surface area contributed by atoms with Crippen LogP contribution in [0, 0.1) is 17.8 Å². The Bertz CT molecular complexity index is 436. The second-order valence-corrected chi connectivity index (χ2v) is 5.58. The van der Waals surface area contributed by atoms with Crippen molar-refractivity contribution in [3.05, 3.63) is 0 Å². The number of urea groups is 1. The lowest BCUT2D eigenvalue weighted by atomic mass is 9.83. The number of ether oxygens (including phenoxy) is 1. The molecule has 0 aromatic carbocycles. The third kappa shape index (κ3) is 5.17. The highest BCUT2D eigenvalue weighted by atomic mass is 16.5. The van der Waals surface area contributed by atoms with E-state index in [-0.39, 0.29) is 23.5 Å². The van der Waals surface area contributed by atoms with Crippen LogP contribution in [-0.4, -0.2) is 30.1 Å². The van der Waals surface area contributed by atoms with Gasteiger partial charge >= 0.3 is 12.0 Å². The molecular formula is C14H23N3O4. The van der Waals surface area contributed by atoms with Crippen LogP contribution < -0.4 is 11.2 Å². The van der Waals surface area contributed by atoms with Crippen LogP contribution in [0.3, 0.4) is 0 Å². The maximum absolute atomic E-state index is 12.0. The minimum Gasteiger partial charge on any atom is -0.461 e. The Morgan fingerprint density at radius 1 is 1.57 bits per heavy atom. The number of primary amides is 1. The molecule has 0 aromatic rings. The number of carbonyl (C=O) groups is 3. The summed E-state index contributed by atoms with van der Waals surface area (Å²) in [6, 6.07) is -0.741. The molecule has 1 saturated carbocycles. The molecule has 1 aliphatic carbocycles. The zero-order valence-corrected chi connectivity index (χ0v) is 12.7. The van der Waals surface area contributed by atoms with E-state index >= 15 is 0 Å². The van der Waals surface area contributed by atoms with Crippen molar-refractivity contribution in [1.29, 1.82) is 0 Å². The Balaban J connectivity index is 2.72. The average molecular weight is 297 g/mol. The number of hydrogen-bond donors (Lipinski definition) is 2. The monoisotopic (exact) mass is 297 g/mol. The lowest BCUT2D eigenvalue weighted by Gasteiger charge is -2.29. The normalized spacial score (nSPS) is 24.8. The van der Waals surface area contributed by atoms with E-state index in [4.69, 9.17) is 10.5 Å². The second kappa shape index (κ2) is 7.75. The molecule has 0 heterocycles.